The molecule has 0 radical (unpaired) electrons. The number of likely N-dealkylation sites (N-methyl/N-ethyl adjacent to an activating group) is 1. The molecule has 0 bridgehead atoms. The Morgan fingerprint density at radius 2 is 2.31 bits per heavy atom. The molecule has 0 aromatic carbocycles. The number of nitrogens with one attached hydrogen (secondary N) is 1. The van der Waals surface area contributed by atoms with Gasteiger partial charge in [-0.3, -0.25) is 4.90 Å². The number of aliphatic hydroxyl groups excluding tert-OH is 1. The van der Waals surface area contributed by atoms with Crippen molar-refractivity contribution < 1.29 is 9.84 Å². The Morgan fingerprint density at radius 3 is 2.81 bits per heavy atom. The molecule has 1 fully saturated rings. The third-order valence-electron chi connectivity index (χ3n) is 3.31. The SMILES string of the molecule is CCCNC(CO)CN(C)C1CCOC1C. The van der Waals surface area contributed by atoms with Crippen LogP contribution in [0.2, 0.25) is 0 Å². The molecule has 1 heterocycles. The van der Waals surface area contributed by atoms with Gasteiger partial charge in [-0.25, -0.2) is 0 Å². The maximum Gasteiger partial charge on any atom is 0.0702 e. The van der Waals surface area contributed by atoms with Gasteiger partial charge < -0.3 is 15.2 Å². The normalized spacial score (nSPS) is 27.6. The van der Waals surface area contributed by atoms with Crippen LogP contribution in [0.1, 0.15) is 26.7 Å². The molecule has 0 aromatic rings. The van der Waals surface area contributed by atoms with E-state index >= 15 is 0 Å². The number of nitrogens with zero attached hydrogens (tertiary/aromatic N) is 1. The molecule has 0 amide bonds. The molecule has 96 valence electrons. The van der Waals surface area contributed by atoms with Crippen LogP contribution >= 0.6 is 0 Å². The van der Waals surface area contributed by atoms with Crippen LogP contribution in [0.5, 0.6) is 0 Å². The van der Waals surface area contributed by atoms with Crippen LogP contribution in [-0.4, -0.2) is 61.5 Å². The number of hydrogen-bond acceptors (Lipinski definition) is 4. The van der Waals surface area contributed by atoms with E-state index in [1.807, 2.05) is 0 Å². The summed E-state index contributed by atoms with van der Waals surface area (Å²) in [4.78, 5) is 2.31. The molecule has 1 saturated heterocycles. The lowest BCUT2D eigenvalue weighted by molar-refractivity contribution is 0.0763. The highest BCUT2D eigenvalue weighted by molar-refractivity contribution is 4.82. The average Bonchev–Trinajstić information content (AvgIpc) is 2.70. The van der Waals surface area contributed by atoms with Gasteiger partial charge >= 0.3 is 0 Å². The summed E-state index contributed by atoms with van der Waals surface area (Å²) in [5, 5.41) is 12.6. The quantitative estimate of drug-likeness (QED) is 0.667. The van der Waals surface area contributed by atoms with Crippen molar-refractivity contribution in [2.24, 2.45) is 0 Å². The Kier molecular flexibility index (Phi) is 6.28. The zero-order chi connectivity index (χ0) is 12.0. The largest absolute Gasteiger partial charge is 0.395 e. The van der Waals surface area contributed by atoms with Crippen molar-refractivity contribution >= 4 is 0 Å². The van der Waals surface area contributed by atoms with Crippen molar-refractivity contribution in [2.75, 3.05) is 33.4 Å². The van der Waals surface area contributed by atoms with Crippen molar-refractivity contribution in [3.8, 4) is 0 Å². The van der Waals surface area contributed by atoms with Crippen molar-refractivity contribution in [1.29, 1.82) is 0 Å². The lowest BCUT2D eigenvalue weighted by Crippen LogP contribution is -2.47. The summed E-state index contributed by atoms with van der Waals surface area (Å²) in [5.41, 5.74) is 0. The highest BCUT2D eigenvalue weighted by atomic mass is 16.5. The topological polar surface area (TPSA) is 44.7 Å². The van der Waals surface area contributed by atoms with Crippen LogP contribution in [0, 0.1) is 0 Å². The van der Waals surface area contributed by atoms with Crippen LogP contribution in [0.15, 0.2) is 0 Å². The number of aliphatic hydroxyl groups is 1. The zero-order valence-corrected chi connectivity index (χ0v) is 10.8. The molecule has 3 atom stereocenters. The highest BCUT2D eigenvalue weighted by Gasteiger charge is 2.28. The fourth-order valence-electron chi connectivity index (χ4n) is 2.32. The summed E-state index contributed by atoms with van der Waals surface area (Å²) in [6, 6.07) is 0.676. The van der Waals surface area contributed by atoms with Crippen molar-refractivity contribution in [3.63, 3.8) is 0 Å². The Morgan fingerprint density at radius 1 is 1.56 bits per heavy atom. The smallest absolute Gasteiger partial charge is 0.0702 e. The molecule has 16 heavy (non-hydrogen) atoms. The summed E-state index contributed by atoms with van der Waals surface area (Å²) < 4.78 is 5.56. The van der Waals surface area contributed by atoms with E-state index in [1.54, 1.807) is 0 Å². The van der Waals surface area contributed by atoms with Gasteiger partial charge in [-0.15, -0.1) is 0 Å². The van der Waals surface area contributed by atoms with Gasteiger partial charge in [0.1, 0.15) is 0 Å². The molecule has 1 aliphatic heterocycles. The third-order valence-corrected chi connectivity index (χ3v) is 3.31. The molecule has 0 aromatic heterocycles. The molecule has 3 unspecified atom stereocenters. The van der Waals surface area contributed by atoms with E-state index in [2.05, 4.69) is 31.1 Å². The molecule has 1 rings (SSSR count). The van der Waals surface area contributed by atoms with Gasteiger partial charge in [0.15, 0.2) is 0 Å². The minimum atomic E-state index is 0.178. The monoisotopic (exact) mass is 230 g/mol. The first-order valence-electron chi connectivity index (χ1n) is 6.35. The molecule has 2 N–H and O–H groups in total. The van der Waals surface area contributed by atoms with E-state index in [0.717, 1.165) is 32.5 Å². The van der Waals surface area contributed by atoms with Crippen LogP contribution in [0.3, 0.4) is 0 Å². The van der Waals surface area contributed by atoms with Crippen LogP contribution in [-0.2, 0) is 4.74 Å². The number of ether oxygens (including phenoxy) is 1. The Labute approximate surface area is 99.0 Å². The first-order valence-corrected chi connectivity index (χ1v) is 6.35. The van der Waals surface area contributed by atoms with Crippen molar-refractivity contribution in [1.82, 2.24) is 10.2 Å². The number of hydrogen-bond donors (Lipinski definition) is 2. The molecule has 0 spiro atoms. The van der Waals surface area contributed by atoms with Gasteiger partial charge in [-0.2, -0.15) is 0 Å². The molecule has 4 heteroatoms. The summed E-state index contributed by atoms with van der Waals surface area (Å²) >= 11 is 0. The average molecular weight is 230 g/mol. The summed E-state index contributed by atoms with van der Waals surface area (Å²) in [5.74, 6) is 0. The number of rotatable bonds is 7. The first-order chi connectivity index (χ1) is 7.69. The molecular formula is C12H26N2O2. The Hall–Kier alpha value is -0.160. The van der Waals surface area contributed by atoms with E-state index in [-0.39, 0.29) is 12.6 Å². The predicted molar refractivity (Wildman–Crippen MR) is 65.6 cm³/mol. The van der Waals surface area contributed by atoms with E-state index in [0.29, 0.717) is 12.1 Å². The summed E-state index contributed by atoms with van der Waals surface area (Å²) in [6.07, 6.45) is 2.52. The molecule has 0 saturated carbocycles. The third kappa shape index (κ3) is 4.01. The van der Waals surface area contributed by atoms with Crippen LogP contribution in [0.25, 0.3) is 0 Å². The van der Waals surface area contributed by atoms with Gasteiger partial charge in [0.05, 0.1) is 12.7 Å². The first kappa shape index (κ1) is 13.9. The molecule has 1 aliphatic rings. The zero-order valence-electron chi connectivity index (χ0n) is 10.8. The standard InChI is InChI=1S/C12H26N2O2/c1-4-6-13-11(9-15)8-14(3)12-5-7-16-10(12)2/h10-13,15H,4-9H2,1-3H3. The Bertz CT molecular complexity index is 190. The van der Waals surface area contributed by atoms with E-state index in [4.69, 9.17) is 4.74 Å². The van der Waals surface area contributed by atoms with Gasteiger partial charge in [-0.1, -0.05) is 6.92 Å². The van der Waals surface area contributed by atoms with E-state index < -0.39 is 0 Å². The fraction of sp³-hybridized carbons (Fsp3) is 1.00. The predicted octanol–water partition coefficient (Wildman–Crippen LogP) is 0.456. The lowest BCUT2D eigenvalue weighted by atomic mass is 10.1. The molecule has 0 aliphatic carbocycles. The minimum Gasteiger partial charge on any atom is -0.395 e. The van der Waals surface area contributed by atoms with Gasteiger partial charge in [0.2, 0.25) is 0 Å². The van der Waals surface area contributed by atoms with Gasteiger partial charge in [0.25, 0.3) is 0 Å². The second-order valence-electron chi connectivity index (χ2n) is 4.71. The molecule has 4 nitrogen and oxygen atoms in total. The highest BCUT2D eigenvalue weighted by Crippen LogP contribution is 2.18. The van der Waals surface area contributed by atoms with E-state index in [9.17, 15) is 5.11 Å². The van der Waals surface area contributed by atoms with Crippen molar-refractivity contribution in [2.45, 2.75) is 44.9 Å². The second-order valence-corrected chi connectivity index (χ2v) is 4.71. The summed E-state index contributed by atoms with van der Waals surface area (Å²) in [7, 11) is 2.12. The molecular weight excluding hydrogens is 204 g/mol. The van der Waals surface area contributed by atoms with Gasteiger partial charge in [-0.05, 0) is 33.4 Å². The maximum absolute atomic E-state index is 9.29. The van der Waals surface area contributed by atoms with Crippen LogP contribution < -0.4 is 5.32 Å². The maximum atomic E-state index is 9.29. The Balaban J connectivity index is 2.32. The fourth-order valence-corrected chi connectivity index (χ4v) is 2.32. The van der Waals surface area contributed by atoms with Crippen LogP contribution in [0.4, 0.5) is 0 Å². The van der Waals surface area contributed by atoms with E-state index in [1.165, 1.54) is 0 Å². The summed E-state index contributed by atoms with van der Waals surface area (Å²) in [6.45, 7) is 7.18. The second kappa shape index (κ2) is 7.22. The van der Waals surface area contributed by atoms with Crippen molar-refractivity contribution in [3.05, 3.63) is 0 Å². The van der Waals surface area contributed by atoms with Gasteiger partial charge in [0, 0.05) is 25.2 Å². The lowest BCUT2D eigenvalue weighted by Gasteiger charge is -2.30. The minimum absolute atomic E-state index is 0.178.